The van der Waals surface area contributed by atoms with Crippen LogP contribution in [0, 0.1) is 5.92 Å². The predicted molar refractivity (Wildman–Crippen MR) is 68.5 cm³/mol. The summed E-state index contributed by atoms with van der Waals surface area (Å²) < 4.78 is 15.8. The summed E-state index contributed by atoms with van der Waals surface area (Å²) in [5.74, 6) is -1.59. The average molecular weight is 337 g/mol. The Hall–Kier alpha value is -0.950. The fraction of sp³-hybridized carbons (Fsp3) is 0.750. The van der Waals surface area contributed by atoms with E-state index in [4.69, 9.17) is 14.2 Å². The Morgan fingerprint density at radius 2 is 1.47 bits per heavy atom. The zero-order valence-electron chi connectivity index (χ0n) is 11.2. The molecule has 7 heteroatoms. The van der Waals surface area contributed by atoms with Crippen LogP contribution in [0.4, 0.5) is 0 Å². The summed E-state index contributed by atoms with van der Waals surface area (Å²) in [6, 6.07) is 0. The zero-order chi connectivity index (χ0) is 14.7. The third kappa shape index (κ3) is 4.01. The van der Waals surface area contributed by atoms with E-state index in [0.717, 1.165) is 0 Å². The van der Waals surface area contributed by atoms with Gasteiger partial charge in [0.05, 0.1) is 0 Å². The van der Waals surface area contributed by atoms with Gasteiger partial charge in [0, 0.05) is 19.8 Å². The molecule has 1 saturated heterocycles. The molecule has 1 unspecified atom stereocenters. The summed E-state index contributed by atoms with van der Waals surface area (Å²) in [5.41, 5.74) is 0. The predicted octanol–water partition coefficient (Wildman–Crippen LogP) is 1.19. The number of halogens is 1. The van der Waals surface area contributed by atoms with Crippen LogP contribution < -0.4 is 0 Å². The monoisotopic (exact) mass is 336 g/mol. The van der Waals surface area contributed by atoms with Gasteiger partial charge in [0.15, 0.2) is 16.9 Å². The fourth-order valence-corrected chi connectivity index (χ4v) is 2.75. The maximum absolute atomic E-state index is 11.5. The Labute approximate surface area is 119 Å². The molecule has 0 aromatic heterocycles. The van der Waals surface area contributed by atoms with Gasteiger partial charge in [0.25, 0.3) is 0 Å². The van der Waals surface area contributed by atoms with Crippen molar-refractivity contribution in [3.8, 4) is 0 Å². The summed E-state index contributed by atoms with van der Waals surface area (Å²) in [6.07, 6.45) is -2.22. The number of ether oxygens (including phenoxy) is 3. The molecule has 0 bridgehead atoms. The minimum atomic E-state index is -0.785. The first-order valence-electron chi connectivity index (χ1n) is 5.88. The standard InChI is InChI=1S/C12H17BrO6/c1-5-9(6(2)14)19-12(13)11(18-8(4)16)10(5)17-7(3)15/h5,9-12H,1-4H3/t5-,9?,10-,11-,12-/m0/s1. The van der Waals surface area contributed by atoms with E-state index in [0.29, 0.717) is 0 Å². The first kappa shape index (κ1) is 16.1. The molecule has 1 fully saturated rings. The SMILES string of the molecule is CC(=O)O[C@@H]1[C@H](OC(C)=O)[C@@H](Br)OC(C(C)=O)[C@@H]1C. The van der Waals surface area contributed by atoms with Gasteiger partial charge >= 0.3 is 11.9 Å². The van der Waals surface area contributed by atoms with Crippen LogP contribution in [0.25, 0.3) is 0 Å². The summed E-state index contributed by atoms with van der Waals surface area (Å²) in [5, 5.41) is -0.703. The van der Waals surface area contributed by atoms with Crippen molar-refractivity contribution in [2.75, 3.05) is 0 Å². The van der Waals surface area contributed by atoms with E-state index in [-0.39, 0.29) is 5.78 Å². The maximum Gasteiger partial charge on any atom is 0.303 e. The molecule has 108 valence electrons. The van der Waals surface area contributed by atoms with E-state index in [2.05, 4.69) is 15.9 Å². The molecule has 6 nitrogen and oxygen atoms in total. The van der Waals surface area contributed by atoms with Crippen molar-refractivity contribution in [3.05, 3.63) is 0 Å². The van der Waals surface area contributed by atoms with E-state index in [1.807, 2.05) is 0 Å². The highest BCUT2D eigenvalue weighted by Gasteiger charge is 2.48. The Kier molecular flexibility index (Phi) is 5.49. The van der Waals surface area contributed by atoms with Crippen molar-refractivity contribution in [2.24, 2.45) is 5.92 Å². The average Bonchev–Trinajstić information content (AvgIpc) is 2.26. The Morgan fingerprint density at radius 1 is 1.00 bits per heavy atom. The number of rotatable bonds is 3. The number of esters is 2. The van der Waals surface area contributed by atoms with Crippen molar-refractivity contribution in [1.29, 1.82) is 0 Å². The molecule has 0 aromatic carbocycles. The molecule has 19 heavy (non-hydrogen) atoms. The van der Waals surface area contributed by atoms with Crippen LogP contribution in [-0.2, 0) is 28.6 Å². The van der Waals surface area contributed by atoms with Gasteiger partial charge in [-0.2, -0.15) is 0 Å². The van der Waals surface area contributed by atoms with Gasteiger partial charge in [0.1, 0.15) is 12.2 Å². The van der Waals surface area contributed by atoms with Crippen molar-refractivity contribution in [3.63, 3.8) is 0 Å². The first-order valence-corrected chi connectivity index (χ1v) is 6.80. The number of hydrogen-bond acceptors (Lipinski definition) is 6. The lowest BCUT2D eigenvalue weighted by Gasteiger charge is -2.41. The van der Waals surface area contributed by atoms with Gasteiger partial charge in [-0.05, 0) is 6.92 Å². The van der Waals surface area contributed by atoms with Crippen LogP contribution >= 0.6 is 15.9 Å². The van der Waals surface area contributed by atoms with E-state index in [1.54, 1.807) is 6.92 Å². The van der Waals surface area contributed by atoms with E-state index < -0.39 is 41.2 Å². The van der Waals surface area contributed by atoms with Crippen LogP contribution in [0.1, 0.15) is 27.7 Å². The second kappa shape index (κ2) is 6.47. The molecule has 0 aromatic rings. The lowest BCUT2D eigenvalue weighted by atomic mass is 9.89. The molecule has 1 rings (SSSR count). The summed E-state index contributed by atoms with van der Waals surface area (Å²) >= 11 is 3.21. The van der Waals surface area contributed by atoms with Crippen LogP contribution in [0.2, 0.25) is 0 Å². The zero-order valence-corrected chi connectivity index (χ0v) is 12.8. The highest BCUT2D eigenvalue weighted by Crippen LogP contribution is 2.33. The molecule has 1 aliphatic heterocycles. The normalized spacial score (nSPS) is 34.5. The van der Waals surface area contributed by atoms with E-state index in [1.165, 1.54) is 20.8 Å². The first-order chi connectivity index (χ1) is 8.73. The topological polar surface area (TPSA) is 78.9 Å². The lowest BCUT2D eigenvalue weighted by molar-refractivity contribution is -0.205. The summed E-state index contributed by atoms with van der Waals surface area (Å²) in [4.78, 5) is 33.8. The van der Waals surface area contributed by atoms with Crippen LogP contribution in [0.3, 0.4) is 0 Å². The van der Waals surface area contributed by atoms with Gasteiger partial charge in [0.2, 0.25) is 0 Å². The van der Waals surface area contributed by atoms with E-state index >= 15 is 0 Å². The smallest absolute Gasteiger partial charge is 0.303 e. The van der Waals surface area contributed by atoms with Gasteiger partial charge in [-0.15, -0.1) is 0 Å². The molecule has 0 N–H and O–H groups in total. The van der Waals surface area contributed by atoms with Crippen molar-refractivity contribution in [1.82, 2.24) is 0 Å². The summed E-state index contributed by atoms with van der Waals surface area (Å²) in [7, 11) is 0. The van der Waals surface area contributed by atoms with Gasteiger partial charge in [-0.25, -0.2) is 0 Å². The third-order valence-corrected chi connectivity index (χ3v) is 3.60. The minimum Gasteiger partial charge on any atom is -0.458 e. The van der Waals surface area contributed by atoms with E-state index in [9.17, 15) is 14.4 Å². The number of ketones is 1. The molecule has 0 spiro atoms. The molecule has 5 atom stereocenters. The number of carbonyl (C=O) groups excluding carboxylic acids is 3. The second-order valence-electron chi connectivity index (χ2n) is 4.53. The maximum atomic E-state index is 11.5. The number of Topliss-reactive ketones (excluding diaryl/α,β-unsaturated/α-hetero) is 1. The molecular weight excluding hydrogens is 320 g/mol. The summed E-state index contributed by atoms with van der Waals surface area (Å²) in [6.45, 7) is 5.64. The molecule has 0 amide bonds. The molecular formula is C12H17BrO6. The quantitative estimate of drug-likeness (QED) is 0.569. The van der Waals surface area contributed by atoms with Crippen LogP contribution in [0.15, 0.2) is 0 Å². The minimum absolute atomic E-state index is 0.171. The van der Waals surface area contributed by atoms with Crippen molar-refractivity contribution < 1.29 is 28.6 Å². The van der Waals surface area contributed by atoms with Crippen LogP contribution in [-0.4, -0.2) is 41.0 Å². The molecule has 0 aliphatic carbocycles. The van der Waals surface area contributed by atoms with Gasteiger partial charge in [-0.3, -0.25) is 14.4 Å². The Morgan fingerprint density at radius 3 is 1.89 bits per heavy atom. The lowest BCUT2D eigenvalue weighted by Crippen LogP contribution is -2.56. The van der Waals surface area contributed by atoms with Crippen LogP contribution in [0.5, 0.6) is 0 Å². The second-order valence-corrected chi connectivity index (χ2v) is 5.43. The Bertz CT molecular complexity index is 382. The van der Waals surface area contributed by atoms with Crippen molar-refractivity contribution in [2.45, 2.75) is 51.0 Å². The molecule has 0 radical (unpaired) electrons. The fourth-order valence-electron chi connectivity index (χ4n) is 2.11. The molecule has 1 aliphatic rings. The number of hydrogen-bond donors (Lipinski definition) is 0. The van der Waals surface area contributed by atoms with Gasteiger partial charge < -0.3 is 14.2 Å². The largest absolute Gasteiger partial charge is 0.458 e. The number of alkyl halides is 1. The van der Waals surface area contributed by atoms with Gasteiger partial charge in [-0.1, -0.05) is 22.9 Å². The Balaban J connectivity index is 2.98. The highest BCUT2D eigenvalue weighted by atomic mass is 79.9. The number of carbonyl (C=O) groups is 3. The highest BCUT2D eigenvalue weighted by molar-refractivity contribution is 9.09. The molecule has 0 saturated carbocycles. The third-order valence-electron chi connectivity index (χ3n) is 2.86. The van der Waals surface area contributed by atoms with Crippen molar-refractivity contribution >= 4 is 33.7 Å². The molecule has 1 heterocycles.